The summed E-state index contributed by atoms with van der Waals surface area (Å²) in [6.45, 7) is 1.49. The molecule has 0 heterocycles. The number of halogens is 1. The molecule has 0 bridgehead atoms. The Morgan fingerprint density at radius 3 is 2.59 bits per heavy atom. The largest absolute Gasteiger partial charge is 0.326 e. The Labute approximate surface area is 105 Å². The summed E-state index contributed by atoms with van der Waals surface area (Å²) in [4.78, 5) is 11.0. The number of rotatable bonds is 2. The van der Waals surface area contributed by atoms with E-state index in [1.54, 1.807) is 0 Å². The average molecular weight is 246 g/mol. The van der Waals surface area contributed by atoms with Crippen molar-refractivity contribution in [2.75, 3.05) is 5.32 Å². The fourth-order valence-corrected chi connectivity index (χ4v) is 1.91. The van der Waals surface area contributed by atoms with E-state index >= 15 is 0 Å². The number of carbonyl (C=O) groups is 1. The molecular weight excluding hydrogens is 234 g/mol. The van der Waals surface area contributed by atoms with Crippen LogP contribution in [0.4, 0.5) is 5.69 Å². The van der Waals surface area contributed by atoms with Crippen molar-refractivity contribution in [2.24, 2.45) is 0 Å². The van der Waals surface area contributed by atoms with Crippen molar-refractivity contribution in [1.82, 2.24) is 0 Å². The lowest BCUT2D eigenvalue weighted by molar-refractivity contribution is -0.114. The lowest BCUT2D eigenvalue weighted by Gasteiger charge is -2.07. The standard InChI is InChI=1S/C14H12ClNO/c1-10(17)16-12-6-4-5-11(9-12)13-7-2-3-8-14(13)15/h2-9H,1H3,(H,16,17). The van der Waals surface area contributed by atoms with Gasteiger partial charge in [0.2, 0.25) is 5.91 Å². The molecule has 0 aliphatic heterocycles. The average Bonchev–Trinajstić information content (AvgIpc) is 2.29. The molecule has 17 heavy (non-hydrogen) atoms. The van der Waals surface area contributed by atoms with Gasteiger partial charge in [-0.1, -0.05) is 41.9 Å². The quantitative estimate of drug-likeness (QED) is 0.852. The first-order valence-corrected chi connectivity index (χ1v) is 5.67. The molecule has 0 fully saturated rings. The topological polar surface area (TPSA) is 29.1 Å². The molecule has 1 amide bonds. The molecule has 0 aliphatic rings. The molecule has 1 N–H and O–H groups in total. The summed E-state index contributed by atoms with van der Waals surface area (Å²) in [6.07, 6.45) is 0. The molecular formula is C14H12ClNO. The number of benzene rings is 2. The van der Waals surface area contributed by atoms with Crippen LogP contribution in [0.2, 0.25) is 5.02 Å². The Bertz CT molecular complexity index is 551. The second-order valence-corrected chi connectivity index (χ2v) is 4.15. The van der Waals surface area contributed by atoms with Crippen molar-refractivity contribution in [1.29, 1.82) is 0 Å². The molecule has 0 aliphatic carbocycles. The number of carbonyl (C=O) groups excluding carboxylic acids is 1. The molecule has 0 radical (unpaired) electrons. The maximum Gasteiger partial charge on any atom is 0.221 e. The van der Waals surface area contributed by atoms with Crippen molar-refractivity contribution in [3.05, 3.63) is 53.6 Å². The molecule has 86 valence electrons. The van der Waals surface area contributed by atoms with Gasteiger partial charge in [-0.15, -0.1) is 0 Å². The van der Waals surface area contributed by atoms with Crippen LogP contribution in [0.5, 0.6) is 0 Å². The van der Waals surface area contributed by atoms with E-state index in [-0.39, 0.29) is 5.91 Å². The molecule has 0 saturated carbocycles. The minimum absolute atomic E-state index is 0.0821. The Hall–Kier alpha value is -1.80. The van der Waals surface area contributed by atoms with E-state index in [1.807, 2.05) is 48.5 Å². The summed E-state index contributed by atoms with van der Waals surface area (Å²) in [6, 6.07) is 15.2. The lowest BCUT2D eigenvalue weighted by Crippen LogP contribution is -2.05. The number of nitrogens with one attached hydrogen (secondary N) is 1. The number of anilines is 1. The molecule has 2 nitrogen and oxygen atoms in total. The van der Waals surface area contributed by atoms with E-state index in [1.165, 1.54) is 6.92 Å². The van der Waals surface area contributed by atoms with Crippen molar-refractivity contribution in [2.45, 2.75) is 6.92 Å². The zero-order valence-electron chi connectivity index (χ0n) is 9.41. The summed E-state index contributed by atoms with van der Waals surface area (Å²) in [7, 11) is 0. The highest BCUT2D eigenvalue weighted by molar-refractivity contribution is 6.33. The first-order chi connectivity index (χ1) is 8.16. The predicted molar refractivity (Wildman–Crippen MR) is 71.2 cm³/mol. The van der Waals surface area contributed by atoms with Crippen LogP contribution in [0.15, 0.2) is 48.5 Å². The number of hydrogen-bond acceptors (Lipinski definition) is 1. The summed E-state index contributed by atoms with van der Waals surface area (Å²) in [5, 5.41) is 3.45. The van der Waals surface area contributed by atoms with E-state index in [0.717, 1.165) is 16.8 Å². The Kier molecular flexibility index (Phi) is 3.45. The van der Waals surface area contributed by atoms with Gasteiger partial charge in [-0.05, 0) is 23.8 Å². The van der Waals surface area contributed by atoms with Crippen LogP contribution >= 0.6 is 11.6 Å². The maximum absolute atomic E-state index is 11.0. The van der Waals surface area contributed by atoms with Gasteiger partial charge in [-0.3, -0.25) is 4.79 Å². The highest BCUT2D eigenvalue weighted by Gasteiger charge is 2.03. The molecule has 0 unspecified atom stereocenters. The van der Waals surface area contributed by atoms with Crippen molar-refractivity contribution < 1.29 is 4.79 Å². The molecule has 3 heteroatoms. The van der Waals surface area contributed by atoms with Crippen LogP contribution in [-0.2, 0) is 4.79 Å². The lowest BCUT2D eigenvalue weighted by atomic mass is 10.1. The van der Waals surface area contributed by atoms with Gasteiger partial charge in [0.15, 0.2) is 0 Å². The summed E-state index contributed by atoms with van der Waals surface area (Å²) in [5.74, 6) is -0.0821. The highest BCUT2D eigenvalue weighted by Crippen LogP contribution is 2.29. The Morgan fingerprint density at radius 1 is 1.12 bits per heavy atom. The maximum atomic E-state index is 11.0. The van der Waals surface area contributed by atoms with Crippen LogP contribution in [0.3, 0.4) is 0 Å². The third-order valence-corrected chi connectivity index (χ3v) is 2.70. The van der Waals surface area contributed by atoms with Gasteiger partial charge >= 0.3 is 0 Å². The second-order valence-electron chi connectivity index (χ2n) is 3.74. The van der Waals surface area contributed by atoms with Gasteiger partial charge in [-0.25, -0.2) is 0 Å². The molecule has 0 saturated heterocycles. The van der Waals surface area contributed by atoms with E-state index < -0.39 is 0 Å². The smallest absolute Gasteiger partial charge is 0.221 e. The first kappa shape index (κ1) is 11.7. The minimum atomic E-state index is -0.0821. The van der Waals surface area contributed by atoms with Crippen molar-refractivity contribution >= 4 is 23.2 Å². The minimum Gasteiger partial charge on any atom is -0.326 e. The number of hydrogen-bond donors (Lipinski definition) is 1. The summed E-state index contributed by atoms with van der Waals surface area (Å²) < 4.78 is 0. The normalized spacial score (nSPS) is 10.0. The molecule has 0 atom stereocenters. The Morgan fingerprint density at radius 2 is 1.88 bits per heavy atom. The van der Waals surface area contributed by atoms with E-state index in [0.29, 0.717) is 5.02 Å². The monoisotopic (exact) mass is 245 g/mol. The van der Waals surface area contributed by atoms with Crippen LogP contribution in [0, 0.1) is 0 Å². The Balaban J connectivity index is 2.40. The molecule has 0 spiro atoms. The van der Waals surface area contributed by atoms with E-state index in [4.69, 9.17) is 11.6 Å². The summed E-state index contributed by atoms with van der Waals surface area (Å²) in [5.41, 5.74) is 2.72. The molecule has 2 aromatic rings. The predicted octanol–water partition coefficient (Wildman–Crippen LogP) is 3.97. The fourth-order valence-electron chi connectivity index (χ4n) is 1.66. The van der Waals surface area contributed by atoms with Crippen molar-refractivity contribution in [3.8, 4) is 11.1 Å². The first-order valence-electron chi connectivity index (χ1n) is 5.29. The zero-order valence-corrected chi connectivity index (χ0v) is 10.2. The second kappa shape index (κ2) is 5.02. The van der Waals surface area contributed by atoms with Gasteiger partial charge in [0.05, 0.1) is 0 Å². The zero-order chi connectivity index (χ0) is 12.3. The van der Waals surface area contributed by atoms with Gasteiger partial charge in [0, 0.05) is 23.2 Å². The fraction of sp³-hybridized carbons (Fsp3) is 0.0714. The van der Waals surface area contributed by atoms with Crippen LogP contribution in [0.1, 0.15) is 6.92 Å². The van der Waals surface area contributed by atoms with E-state index in [9.17, 15) is 4.79 Å². The van der Waals surface area contributed by atoms with Crippen molar-refractivity contribution in [3.63, 3.8) is 0 Å². The third kappa shape index (κ3) is 2.86. The number of amides is 1. The molecule has 2 aromatic carbocycles. The van der Waals surface area contributed by atoms with E-state index in [2.05, 4.69) is 5.32 Å². The molecule has 2 rings (SSSR count). The van der Waals surface area contributed by atoms with Crippen LogP contribution in [-0.4, -0.2) is 5.91 Å². The SMILES string of the molecule is CC(=O)Nc1cccc(-c2ccccc2Cl)c1. The summed E-state index contributed by atoms with van der Waals surface area (Å²) >= 11 is 6.13. The van der Waals surface area contributed by atoms with Gasteiger partial charge in [-0.2, -0.15) is 0 Å². The molecule has 0 aromatic heterocycles. The van der Waals surface area contributed by atoms with Gasteiger partial charge < -0.3 is 5.32 Å². The third-order valence-electron chi connectivity index (χ3n) is 2.37. The van der Waals surface area contributed by atoms with Gasteiger partial charge in [0.1, 0.15) is 0 Å². The van der Waals surface area contributed by atoms with Crippen LogP contribution < -0.4 is 5.32 Å². The highest BCUT2D eigenvalue weighted by atomic mass is 35.5. The van der Waals surface area contributed by atoms with Crippen LogP contribution in [0.25, 0.3) is 11.1 Å². The van der Waals surface area contributed by atoms with Gasteiger partial charge in [0.25, 0.3) is 0 Å².